The maximum absolute atomic E-state index is 12.5. The molecule has 0 saturated carbocycles. The highest BCUT2D eigenvalue weighted by molar-refractivity contribution is 6.02. The van der Waals surface area contributed by atoms with Crippen LogP contribution in [0.4, 0.5) is 0 Å². The maximum Gasteiger partial charge on any atom is 0.271 e. The van der Waals surface area contributed by atoms with Crippen LogP contribution in [0.3, 0.4) is 0 Å². The number of methoxy groups -OCH3 is 2. The van der Waals surface area contributed by atoms with E-state index in [4.69, 9.17) is 14.2 Å². The fourth-order valence-corrected chi connectivity index (χ4v) is 3.33. The summed E-state index contributed by atoms with van der Waals surface area (Å²) in [5, 5.41) is 4.33. The first-order valence-electron chi connectivity index (χ1n) is 10.1. The average Bonchev–Trinajstić information content (AvgIpc) is 2.80. The fraction of sp³-hybridized carbons (Fsp3) is 0.391. The second kappa shape index (κ2) is 10.8. The van der Waals surface area contributed by atoms with E-state index < -0.39 is 0 Å². The third kappa shape index (κ3) is 5.58. The first-order chi connectivity index (χ1) is 14.6. The predicted molar refractivity (Wildman–Crippen MR) is 116 cm³/mol. The van der Waals surface area contributed by atoms with Gasteiger partial charge in [0.15, 0.2) is 11.5 Å². The van der Waals surface area contributed by atoms with Crippen LogP contribution < -0.4 is 14.9 Å². The first-order valence-corrected chi connectivity index (χ1v) is 10.1. The van der Waals surface area contributed by atoms with Crippen molar-refractivity contribution in [1.29, 1.82) is 0 Å². The molecule has 0 unspecified atom stereocenters. The molecular weight excluding hydrogens is 382 g/mol. The molecule has 1 aliphatic heterocycles. The zero-order valence-corrected chi connectivity index (χ0v) is 17.8. The van der Waals surface area contributed by atoms with Crippen LogP contribution in [0, 0.1) is 0 Å². The SMILES string of the molecule is CC/C(=N\NC(=O)c1ccc(CN2CCOCC2)cc1)c1ccc(OC)c(OC)c1. The lowest BCUT2D eigenvalue weighted by Crippen LogP contribution is -2.35. The molecule has 0 aromatic heterocycles. The normalized spacial score (nSPS) is 15.0. The molecule has 7 nitrogen and oxygen atoms in total. The maximum atomic E-state index is 12.5. The number of amides is 1. The van der Waals surface area contributed by atoms with Crippen molar-refractivity contribution in [3.8, 4) is 11.5 Å². The van der Waals surface area contributed by atoms with Crippen molar-refractivity contribution in [3.05, 3.63) is 59.2 Å². The summed E-state index contributed by atoms with van der Waals surface area (Å²) in [6, 6.07) is 13.2. The second-order valence-electron chi connectivity index (χ2n) is 7.01. The highest BCUT2D eigenvalue weighted by Gasteiger charge is 2.12. The Morgan fingerprint density at radius 1 is 1.03 bits per heavy atom. The lowest BCUT2D eigenvalue weighted by atomic mass is 10.1. The lowest BCUT2D eigenvalue weighted by Gasteiger charge is -2.26. The molecule has 2 aromatic carbocycles. The molecule has 1 fully saturated rings. The molecule has 1 N–H and O–H groups in total. The van der Waals surface area contributed by atoms with Gasteiger partial charge in [0.05, 0.1) is 33.1 Å². The monoisotopic (exact) mass is 411 g/mol. The molecule has 3 rings (SSSR count). The summed E-state index contributed by atoms with van der Waals surface area (Å²) in [7, 11) is 3.19. The quantitative estimate of drug-likeness (QED) is 0.534. The molecule has 30 heavy (non-hydrogen) atoms. The van der Waals surface area contributed by atoms with Crippen molar-refractivity contribution in [2.75, 3.05) is 40.5 Å². The number of benzene rings is 2. The number of nitrogens with zero attached hydrogens (tertiary/aromatic N) is 2. The van der Waals surface area contributed by atoms with Crippen molar-refractivity contribution in [2.24, 2.45) is 5.10 Å². The van der Waals surface area contributed by atoms with Gasteiger partial charge in [-0.25, -0.2) is 5.43 Å². The summed E-state index contributed by atoms with van der Waals surface area (Å²) in [5.41, 5.74) is 6.05. The van der Waals surface area contributed by atoms with Gasteiger partial charge in [0, 0.05) is 30.8 Å². The molecule has 0 aliphatic carbocycles. The molecule has 1 amide bonds. The Morgan fingerprint density at radius 2 is 1.70 bits per heavy atom. The van der Waals surface area contributed by atoms with Crippen molar-refractivity contribution in [3.63, 3.8) is 0 Å². The van der Waals surface area contributed by atoms with E-state index in [9.17, 15) is 4.79 Å². The van der Waals surface area contributed by atoms with E-state index in [1.807, 2.05) is 49.4 Å². The third-order valence-electron chi connectivity index (χ3n) is 5.07. The Hall–Kier alpha value is -2.90. The van der Waals surface area contributed by atoms with Crippen molar-refractivity contribution >= 4 is 11.6 Å². The van der Waals surface area contributed by atoms with Crippen molar-refractivity contribution in [2.45, 2.75) is 19.9 Å². The van der Waals surface area contributed by atoms with E-state index in [-0.39, 0.29) is 5.91 Å². The van der Waals surface area contributed by atoms with Gasteiger partial charge in [0.25, 0.3) is 5.91 Å². The van der Waals surface area contributed by atoms with E-state index in [0.29, 0.717) is 23.5 Å². The topological polar surface area (TPSA) is 72.4 Å². The van der Waals surface area contributed by atoms with E-state index in [0.717, 1.165) is 44.1 Å². The van der Waals surface area contributed by atoms with E-state index >= 15 is 0 Å². The molecule has 0 radical (unpaired) electrons. The summed E-state index contributed by atoms with van der Waals surface area (Å²) in [5.74, 6) is 1.04. The zero-order valence-electron chi connectivity index (χ0n) is 17.8. The Labute approximate surface area is 177 Å². The number of carbonyl (C=O) groups is 1. The summed E-state index contributed by atoms with van der Waals surface area (Å²) >= 11 is 0. The van der Waals surface area contributed by atoms with E-state index in [1.54, 1.807) is 14.2 Å². The minimum Gasteiger partial charge on any atom is -0.493 e. The first kappa shape index (κ1) is 21.8. The molecule has 1 aliphatic rings. The standard InChI is InChI=1S/C23H29N3O4/c1-4-20(19-9-10-21(28-2)22(15-19)29-3)24-25-23(27)18-7-5-17(6-8-18)16-26-11-13-30-14-12-26/h5-10,15H,4,11-14,16H2,1-3H3,(H,25,27)/b24-20+. The Bertz CT molecular complexity index is 875. The Morgan fingerprint density at radius 3 is 2.33 bits per heavy atom. The smallest absolute Gasteiger partial charge is 0.271 e. The number of carbonyl (C=O) groups excluding carboxylic acids is 1. The molecule has 7 heteroatoms. The van der Waals surface area contributed by atoms with Gasteiger partial charge in [0.1, 0.15) is 0 Å². The van der Waals surface area contributed by atoms with E-state index in [1.165, 1.54) is 5.56 Å². The molecule has 1 saturated heterocycles. The predicted octanol–water partition coefficient (Wildman–Crippen LogP) is 3.08. The van der Waals surface area contributed by atoms with Gasteiger partial charge >= 0.3 is 0 Å². The Balaban J connectivity index is 1.64. The van der Waals surface area contributed by atoms with Crippen LogP contribution in [0.5, 0.6) is 11.5 Å². The molecule has 1 heterocycles. The number of morpholine rings is 1. The summed E-state index contributed by atoms with van der Waals surface area (Å²) in [4.78, 5) is 14.9. The highest BCUT2D eigenvalue weighted by atomic mass is 16.5. The van der Waals surface area contributed by atoms with Crippen LogP contribution in [0.15, 0.2) is 47.6 Å². The molecular formula is C23H29N3O4. The number of rotatable bonds is 8. The molecule has 2 aromatic rings. The number of hydrogen-bond donors (Lipinski definition) is 1. The van der Waals surface area contributed by atoms with Crippen LogP contribution in [0.1, 0.15) is 34.8 Å². The number of nitrogens with one attached hydrogen (secondary N) is 1. The minimum atomic E-state index is -0.237. The minimum absolute atomic E-state index is 0.237. The Kier molecular flexibility index (Phi) is 7.82. The molecule has 0 spiro atoms. The number of hydrazone groups is 1. The third-order valence-corrected chi connectivity index (χ3v) is 5.07. The van der Waals surface area contributed by atoms with Crippen molar-refractivity contribution in [1.82, 2.24) is 10.3 Å². The molecule has 0 bridgehead atoms. The number of ether oxygens (including phenoxy) is 3. The van der Waals surface area contributed by atoms with Crippen LogP contribution in [0.2, 0.25) is 0 Å². The second-order valence-corrected chi connectivity index (χ2v) is 7.01. The van der Waals surface area contributed by atoms with Gasteiger partial charge in [-0.3, -0.25) is 9.69 Å². The van der Waals surface area contributed by atoms with E-state index in [2.05, 4.69) is 15.4 Å². The molecule has 0 atom stereocenters. The van der Waals surface area contributed by atoms with Gasteiger partial charge in [0.2, 0.25) is 0 Å². The largest absolute Gasteiger partial charge is 0.493 e. The fourth-order valence-electron chi connectivity index (χ4n) is 3.33. The van der Waals surface area contributed by atoms with Gasteiger partial charge < -0.3 is 14.2 Å². The van der Waals surface area contributed by atoms with Crippen LogP contribution in [-0.2, 0) is 11.3 Å². The average molecular weight is 412 g/mol. The highest BCUT2D eigenvalue weighted by Crippen LogP contribution is 2.28. The van der Waals surface area contributed by atoms with Gasteiger partial charge in [-0.1, -0.05) is 19.1 Å². The zero-order chi connectivity index (χ0) is 21.3. The van der Waals surface area contributed by atoms with Crippen molar-refractivity contribution < 1.29 is 19.0 Å². The summed E-state index contributed by atoms with van der Waals surface area (Å²) < 4.78 is 16.0. The van der Waals surface area contributed by atoms with Crippen LogP contribution in [-0.4, -0.2) is 57.0 Å². The van der Waals surface area contributed by atoms with Crippen LogP contribution >= 0.6 is 0 Å². The molecule has 160 valence electrons. The summed E-state index contributed by atoms with van der Waals surface area (Å²) in [6.45, 7) is 6.28. The van der Waals surface area contributed by atoms with Crippen LogP contribution in [0.25, 0.3) is 0 Å². The summed E-state index contributed by atoms with van der Waals surface area (Å²) in [6.07, 6.45) is 0.661. The van der Waals surface area contributed by atoms with Gasteiger partial charge in [-0.15, -0.1) is 0 Å². The van der Waals surface area contributed by atoms with Gasteiger partial charge in [-0.05, 0) is 42.3 Å². The lowest BCUT2D eigenvalue weighted by molar-refractivity contribution is 0.0342. The van der Waals surface area contributed by atoms with Gasteiger partial charge in [-0.2, -0.15) is 5.10 Å². The number of hydrogen-bond acceptors (Lipinski definition) is 6.